The summed E-state index contributed by atoms with van der Waals surface area (Å²) in [5, 5.41) is 128. The van der Waals surface area contributed by atoms with Gasteiger partial charge in [-0.2, -0.15) is 0 Å². The van der Waals surface area contributed by atoms with Crippen LogP contribution in [0.25, 0.3) is 0 Å². The van der Waals surface area contributed by atoms with E-state index in [1.165, 1.54) is 20.8 Å². The number of hydrogen-bond acceptors (Lipinski definition) is 32. The smallest absolute Gasteiger partial charge is 0.222 e. The van der Waals surface area contributed by atoms with E-state index >= 15 is 4.39 Å². The van der Waals surface area contributed by atoms with Crippen molar-refractivity contribution in [1.29, 1.82) is 0 Å². The van der Waals surface area contributed by atoms with Crippen LogP contribution in [0.5, 0.6) is 0 Å². The van der Waals surface area contributed by atoms with Crippen LogP contribution in [0.3, 0.4) is 0 Å². The molecule has 0 unspecified atom stereocenters. The Labute approximate surface area is 735 Å². The standard InChI is InChI=1S/C82H144FN11O32/c1-49(98)90-67-73(113)70(110)54(44-95)124-79(67)119-36-16-13-22-58(102)84-30-19-33-87-61(105)27-39-116-48-57-76(117-40-28-62(106)88-34-20-31-85-59(103)23-14-17-37-120-80-68(91-50(2)99)74(114)71(111)55(45-96)125-80)77(66(83)78(123-57)93-64(108)25-11-9-7-8-10-12-26-65(109)94-43-53(101)42-52(94)47-122-82(4,5)6)118-41-29-63(107)89-35-21-32-86-60(104)24-15-18-38-121-81-69(92-51(3)100)75(115)72(112)56(46-97)126-81/h52-57,66-81,95-97,101,110-115H,7-48H2,1-6H3,(H,84,102)(H,85,103)(H,86,104)(H,87,105)(H,88,106)(H,89,107)(H,90,98)(H,91,99)(H,92,100)(H,93,108)/t52-,53+,54+,55+,56+,57+,66+,67+,68+,69+,70-,71-,72-,73+,74+,75+,76+,77+,78+,79+,80+,81+/m0/s1. The summed E-state index contributed by atoms with van der Waals surface area (Å²) in [5.74, 6) is -4.41. The van der Waals surface area contributed by atoms with Crippen LogP contribution < -0.4 is 53.2 Å². The van der Waals surface area contributed by atoms with Gasteiger partial charge in [0.25, 0.3) is 0 Å². The first kappa shape index (κ1) is 110. The summed E-state index contributed by atoms with van der Waals surface area (Å²) in [6.07, 6.45) is -17.1. The lowest BCUT2D eigenvalue weighted by Gasteiger charge is -2.43. The van der Waals surface area contributed by atoms with Gasteiger partial charge in [0.15, 0.2) is 31.3 Å². The number of carbonyl (C=O) groups is 11. The van der Waals surface area contributed by atoms with Crippen LogP contribution in [0.2, 0.25) is 0 Å². The molecular weight excluding hydrogens is 1670 g/mol. The lowest BCUT2D eigenvalue weighted by atomic mass is 9.97. The summed E-state index contributed by atoms with van der Waals surface area (Å²) in [6, 6.07) is -3.56. The lowest BCUT2D eigenvalue weighted by molar-refractivity contribution is -0.270. The van der Waals surface area contributed by atoms with Crippen molar-refractivity contribution in [2.24, 2.45) is 0 Å². The fourth-order valence-corrected chi connectivity index (χ4v) is 14.6. The molecule has 5 saturated heterocycles. The minimum Gasteiger partial charge on any atom is -0.394 e. The molecule has 0 bridgehead atoms. The third-order valence-electron chi connectivity index (χ3n) is 21.4. The molecule has 5 aliphatic rings. The Morgan fingerprint density at radius 3 is 1.09 bits per heavy atom. The predicted molar refractivity (Wildman–Crippen MR) is 442 cm³/mol. The molecule has 5 heterocycles. The summed E-state index contributed by atoms with van der Waals surface area (Å²) in [6.45, 7) is 8.02. The quantitative estimate of drug-likeness (QED) is 0.0254. The zero-order chi connectivity index (χ0) is 92.7. The maximum absolute atomic E-state index is 17.3. The Bertz CT molecular complexity index is 3240. The number of unbranched alkanes of at least 4 members (excludes halogenated alkanes) is 8. The number of hydrogen-bond donors (Lipinski definition) is 20. The number of aliphatic hydroxyl groups excluding tert-OH is 10. The van der Waals surface area contributed by atoms with E-state index in [2.05, 4.69) is 53.2 Å². The van der Waals surface area contributed by atoms with E-state index in [9.17, 15) is 104 Å². The first-order chi connectivity index (χ1) is 60.1. The maximum atomic E-state index is 17.3. The zero-order valence-corrected chi connectivity index (χ0v) is 73.7. The van der Waals surface area contributed by atoms with Crippen molar-refractivity contribution in [3.63, 3.8) is 0 Å². The van der Waals surface area contributed by atoms with Gasteiger partial charge in [-0.15, -0.1) is 0 Å². The van der Waals surface area contributed by atoms with Crippen LogP contribution in [-0.2, 0) is 105 Å². The van der Waals surface area contributed by atoms with E-state index in [1.54, 1.807) is 4.90 Å². The molecule has 43 nitrogen and oxygen atoms in total. The van der Waals surface area contributed by atoms with Gasteiger partial charge in [-0.05, 0) is 97.8 Å². The highest BCUT2D eigenvalue weighted by Gasteiger charge is 2.51. The summed E-state index contributed by atoms with van der Waals surface area (Å²) < 4.78 is 81.8. The monoisotopic (exact) mass is 1810 g/mol. The second kappa shape index (κ2) is 60.3. The molecule has 22 atom stereocenters. The molecule has 0 aliphatic carbocycles. The fourth-order valence-electron chi connectivity index (χ4n) is 14.6. The van der Waals surface area contributed by atoms with Crippen molar-refractivity contribution < 1.29 is 160 Å². The molecular formula is C82H144FN11O32. The molecule has 0 spiro atoms. The van der Waals surface area contributed by atoms with Gasteiger partial charge in [0.1, 0.15) is 91.4 Å². The number of halogens is 1. The fraction of sp³-hybridized carbons (Fsp3) is 0.866. The minimum atomic E-state index is -2.15. The van der Waals surface area contributed by atoms with Crippen molar-refractivity contribution >= 4 is 65.0 Å². The Balaban J connectivity index is 1.15. The second-order valence-corrected chi connectivity index (χ2v) is 33.2. The topological polar surface area (TPSA) is 615 Å². The number of carbonyl (C=O) groups excluding carboxylic acids is 11. The Morgan fingerprint density at radius 1 is 0.373 bits per heavy atom. The number of ether oxygens (including phenoxy) is 11. The van der Waals surface area contributed by atoms with Gasteiger partial charge >= 0.3 is 0 Å². The number of alkyl halides is 1. The molecule has 0 radical (unpaired) electrons. The number of aliphatic hydroxyl groups is 10. The highest BCUT2D eigenvalue weighted by Crippen LogP contribution is 2.31. The van der Waals surface area contributed by atoms with Crippen molar-refractivity contribution in [2.45, 2.75) is 336 Å². The van der Waals surface area contributed by atoms with Crippen LogP contribution in [0.15, 0.2) is 0 Å². The summed E-state index contributed by atoms with van der Waals surface area (Å²) in [5.41, 5.74) is -0.403. The van der Waals surface area contributed by atoms with E-state index in [-0.39, 0.29) is 167 Å². The van der Waals surface area contributed by atoms with E-state index in [0.717, 1.165) is 19.3 Å². The summed E-state index contributed by atoms with van der Waals surface area (Å²) in [7, 11) is 0. The van der Waals surface area contributed by atoms with Gasteiger partial charge in [-0.25, -0.2) is 4.39 Å². The van der Waals surface area contributed by atoms with E-state index in [0.29, 0.717) is 96.5 Å². The van der Waals surface area contributed by atoms with Crippen LogP contribution in [-0.4, -0.2) is 380 Å². The van der Waals surface area contributed by atoms with Crippen LogP contribution in [0, 0.1) is 0 Å². The van der Waals surface area contributed by atoms with Gasteiger partial charge in [0.05, 0.1) is 70.6 Å². The maximum Gasteiger partial charge on any atom is 0.222 e. The van der Waals surface area contributed by atoms with E-state index in [4.69, 9.17) is 52.1 Å². The molecule has 44 heteroatoms. The largest absolute Gasteiger partial charge is 0.394 e. The van der Waals surface area contributed by atoms with Crippen molar-refractivity contribution in [2.75, 3.05) is 118 Å². The SMILES string of the molecule is CC(=O)N[C@H]1[C@H](OCCCCC(=O)NCCCNC(=O)CCOC[C@H]2O[C@@H](NC(=O)CCCCCCCCC(=O)N3C[C@H](O)C[C@H]3COC(C)(C)C)[C@H](F)[C@@H](OCCC(=O)NCCCNC(=O)CCCCO[C@@H]3O[C@H](CO)[C@H](O)[C@H](O)[C@H]3NC(C)=O)[C@@H]2OCCC(=O)NCCCNC(=O)CCCCO[C@@H]2O[C@H](CO)[C@H](O)[C@H](O)[C@H]2NC(C)=O)O[C@H](CO)[C@H](O)[C@@H]1O. The Morgan fingerprint density at radius 2 is 0.714 bits per heavy atom. The number of nitrogens with zero attached hydrogens (tertiary/aromatic N) is 1. The number of β-amino-alcohol motifs (C(OH)–C–C–N with tert-alkyl or cyclic N) is 1. The van der Waals surface area contributed by atoms with E-state index in [1.807, 2.05) is 20.8 Å². The van der Waals surface area contributed by atoms with Gasteiger partial charge in [0.2, 0.25) is 65.0 Å². The molecule has 0 aromatic carbocycles. The average molecular weight is 1820 g/mol. The zero-order valence-electron chi connectivity index (χ0n) is 73.7. The Kier molecular flexibility index (Phi) is 52.5. The lowest BCUT2D eigenvalue weighted by Crippen LogP contribution is -2.64. The molecule has 126 heavy (non-hydrogen) atoms. The van der Waals surface area contributed by atoms with Gasteiger partial charge in [0, 0.05) is 138 Å². The first-order valence-electron chi connectivity index (χ1n) is 44.3. The number of likely N-dealkylation sites (tertiary alicyclic amines) is 1. The van der Waals surface area contributed by atoms with Gasteiger partial charge < -0.3 is 161 Å². The normalized spacial score (nSPS) is 27.9. The highest BCUT2D eigenvalue weighted by molar-refractivity contribution is 5.79. The van der Waals surface area contributed by atoms with Crippen LogP contribution >= 0.6 is 0 Å². The molecule has 20 N–H and O–H groups in total. The number of amides is 11. The van der Waals surface area contributed by atoms with Crippen molar-refractivity contribution in [3.8, 4) is 0 Å². The molecule has 726 valence electrons. The third-order valence-corrected chi connectivity index (χ3v) is 21.4. The Hall–Kier alpha value is -6.74. The highest BCUT2D eigenvalue weighted by atomic mass is 19.1. The predicted octanol–water partition coefficient (Wildman–Crippen LogP) is -4.72. The number of rotatable bonds is 61. The molecule has 0 saturated carbocycles. The molecule has 5 fully saturated rings. The molecule has 0 aromatic heterocycles. The van der Waals surface area contributed by atoms with Crippen molar-refractivity contribution in [3.05, 3.63) is 0 Å². The molecule has 0 aromatic rings. The summed E-state index contributed by atoms with van der Waals surface area (Å²) in [4.78, 5) is 142. The first-order valence-corrected chi connectivity index (χ1v) is 44.3. The third kappa shape index (κ3) is 41.6. The van der Waals surface area contributed by atoms with Gasteiger partial charge in [-0.3, -0.25) is 52.7 Å². The molecule has 11 amide bonds. The van der Waals surface area contributed by atoms with E-state index < -0.39 is 196 Å². The average Bonchev–Trinajstić information content (AvgIpc) is 1.04. The van der Waals surface area contributed by atoms with Crippen LogP contribution in [0.1, 0.15) is 196 Å². The van der Waals surface area contributed by atoms with Crippen molar-refractivity contribution in [1.82, 2.24) is 58.1 Å². The molecule has 5 aliphatic heterocycles. The molecule has 5 rings (SSSR count). The van der Waals surface area contributed by atoms with Gasteiger partial charge in [-0.1, -0.05) is 25.7 Å². The van der Waals surface area contributed by atoms with Crippen LogP contribution in [0.4, 0.5) is 4.39 Å². The minimum absolute atomic E-state index is 0.0257. The second-order valence-electron chi connectivity index (χ2n) is 33.2. The summed E-state index contributed by atoms with van der Waals surface area (Å²) >= 11 is 0. The number of nitrogens with one attached hydrogen (secondary N) is 10.